The molecule has 0 heterocycles. The zero-order chi connectivity index (χ0) is 21.6. The Labute approximate surface area is 180 Å². The Morgan fingerprint density at radius 2 is 1.79 bits per heavy atom. The molecule has 2 aliphatic rings. The fourth-order valence-corrected chi connectivity index (χ4v) is 7.32. The van der Waals surface area contributed by atoms with Gasteiger partial charge in [0.1, 0.15) is 6.17 Å². The van der Waals surface area contributed by atoms with Crippen LogP contribution in [0.4, 0.5) is 4.39 Å². The number of fused-ring (bicyclic) bond motifs is 1. The number of hydrogen-bond acceptors (Lipinski definition) is 0. The second-order valence-electron chi connectivity index (χ2n) is 12.3. The molecular formula is C28H45F. The van der Waals surface area contributed by atoms with Crippen molar-refractivity contribution in [2.45, 2.75) is 106 Å². The number of halogens is 1. The van der Waals surface area contributed by atoms with Gasteiger partial charge >= 0.3 is 0 Å². The third kappa shape index (κ3) is 4.75. The van der Waals surface area contributed by atoms with Gasteiger partial charge in [0.05, 0.1) is 0 Å². The highest BCUT2D eigenvalue weighted by molar-refractivity contribution is 5.38. The van der Waals surface area contributed by atoms with Gasteiger partial charge in [-0.2, -0.15) is 0 Å². The van der Waals surface area contributed by atoms with Gasteiger partial charge in [-0.3, -0.25) is 0 Å². The van der Waals surface area contributed by atoms with E-state index in [0.717, 1.165) is 29.2 Å². The molecule has 0 aliphatic heterocycles. The number of aryl methyl sites for hydroxylation is 1. The summed E-state index contributed by atoms with van der Waals surface area (Å²) >= 11 is 0. The molecule has 3 rings (SSSR count). The predicted molar refractivity (Wildman–Crippen MR) is 124 cm³/mol. The van der Waals surface area contributed by atoms with Gasteiger partial charge in [0, 0.05) is 0 Å². The molecule has 164 valence electrons. The average Bonchev–Trinajstić information content (AvgIpc) is 2.87. The zero-order valence-corrected chi connectivity index (χ0v) is 20.3. The van der Waals surface area contributed by atoms with Crippen molar-refractivity contribution in [3.8, 4) is 0 Å². The molecule has 0 bridgehead atoms. The van der Waals surface area contributed by atoms with Crippen LogP contribution in [0.5, 0.6) is 0 Å². The van der Waals surface area contributed by atoms with Crippen LogP contribution in [-0.4, -0.2) is 0 Å². The Morgan fingerprint density at radius 1 is 1.10 bits per heavy atom. The van der Waals surface area contributed by atoms with Gasteiger partial charge in [-0.25, -0.2) is 4.39 Å². The van der Waals surface area contributed by atoms with E-state index in [9.17, 15) is 4.39 Å². The third-order valence-corrected chi connectivity index (χ3v) is 8.58. The minimum atomic E-state index is -0.883. The van der Waals surface area contributed by atoms with Crippen molar-refractivity contribution in [3.05, 3.63) is 34.9 Å². The van der Waals surface area contributed by atoms with Crippen molar-refractivity contribution in [2.75, 3.05) is 0 Å². The van der Waals surface area contributed by atoms with Gasteiger partial charge in [-0.1, -0.05) is 71.7 Å². The second kappa shape index (κ2) is 8.35. The van der Waals surface area contributed by atoms with Gasteiger partial charge in [0.25, 0.3) is 0 Å². The van der Waals surface area contributed by atoms with Crippen LogP contribution in [0.3, 0.4) is 0 Å². The molecule has 0 radical (unpaired) electrons. The molecule has 0 amide bonds. The minimum Gasteiger partial charge on any atom is -0.243 e. The summed E-state index contributed by atoms with van der Waals surface area (Å²) in [7, 11) is 0. The molecule has 1 heteroatoms. The zero-order valence-electron chi connectivity index (χ0n) is 20.3. The third-order valence-electron chi connectivity index (χ3n) is 8.58. The van der Waals surface area contributed by atoms with Crippen molar-refractivity contribution >= 4 is 0 Å². The Balaban J connectivity index is 1.96. The number of hydrogen-bond donors (Lipinski definition) is 0. The second-order valence-corrected chi connectivity index (χ2v) is 12.3. The Hall–Kier alpha value is -0.850. The molecule has 0 saturated heterocycles. The molecule has 2 fully saturated rings. The van der Waals surface area contributed by atoms with E-state index in [2.05, 4.69) is 66.7 Å². The summed E-state index contributed by atoms with van der Waals surface area (Å²) in [4.78, 5) is 0. The van der Waals surface area contributed by atoms with Crippen LogP contribution in [0.1, 0.15) is 116 Å². The van der Waals surface area contributed by atoms with Crippen molar-refractivity contribution in [1.29, 1.82) is 0 Å². The summed E-state index contributed by atoms with van der Waals surface area (Å²) in [6.07, 6.45) is 7.02. The molecule has 0 aromatic heterocycles. The van der Waals surface area contributed by atoms with Crippen molar-refractivity contribution in [3.63, 3.8) is 0 Å². The predicted octanol–water partition coefficient (Wildman–Crippen LogP) is 9.03. The normalized spacial score (nSPS) is 35.1. The van der Waals surface area contributed by atoms with E-state index in [1.807, 2.05) is 0 Å². The highest BCUT2D eigenvalue weighted by atomic mass is 19.1. The van der Waals surface area contributed by atoms with Gasteiger partial charge < -0.3 is 0 Å². The first-order valence-corrected chi connectivity index (χ1v) is 12.2. The van der Waals surface area contributed by atoms with Crippen LogP contribution in [-0.2, 0) is 0 Å². The van der Waals surface area contributed by atoms with Gasteiger partial charge in [0.2, 0.25) is 0 Å². The van der Waals surface area contributed by atoms with Crippen molar-refractivity contribution in [2.24, 2.45) is 34.5 Å². The summed E-state index contributed by atoms with van der Waals surface area (Å²) in [6.45, 7) is 18.5. The molecule has 7 atom stereocenters. The standard InChI is InChI=1S/C28H45F/c1-18-9-12-23(24(15-18)21(4)29)26-14-13-25-19(2)10-11-22(17-28(25,26)8)20(3)16-27(5,6)7/h9,12,15,19-22,25-26H,10-11,13-14,16-17H2,1-8H3/t19-,20?,21?,22?,25?,26?,28-/m0/s1. The number of rotatable bonds is 4. The van der Waals surface area contributed by atoms with E-state index < -0.39 is 6.17 Å². The molecule has 2 aliphatic carbocycles. The van der Waals surface area contributed by atoms with Crippen LogP contribution >= 0.6 is 0 Å². The summed E-state index contributed by atoms with van der Waals surface area (Å²) in [5, 5.41) is 0. The van der Waals surface area contributed by atoms with Crippen LogP contribution in [0.2, 0.25) is 0 Å². The monoisotopic (exact) mass is 400 g/mol. The smallest absolute Gasteiger partial charge is 0.123 e. The molecular weight excluding hydrogens is 355 g/mol. The summed E-state index contributed by atoms with van der Waals surface area (Å²) in [6, 6.07) is 6.58. The lowest BCUT2D eigenvalue weighted by Gasteiger charge is -2.42. The fourth-order valence-electron chi connectivity index (χ4n) is 7.32. The summed E-state index contributed by atoms with van der Waals surface area (Å²) < 4.78 is 14.6. The molecule has 1 aromatic carbocycles. The molecule has 0 nitrogen and oxygen atoms in total. The topological polar surface area (TPSA) is 0 Å². The highest BCUT2D eigenvalue weighted by Gasteiger charge is 2.52. The van der Waals surface area contributed by atoms with Crippen LogP contribution in [0.15, 0.2) is 18.2 Å². The Morgan fingerprint density at radius 3 is 2.41 bits per heavy atom. The van der Waals surface area contributed by atoms with E-state index in [-0.39, 0.29) is 0 Å². The van der Waals surface area contributed by atoms with Crippen LogP contribution in [0.25, 0.3) is 0 Å². The van der Waals surface area contributed by atoms with Gasteiger partial charge in [0.15, 0.2) is 0 Å². The summed E-state index contributed by atoms with van der Waals surface area (Å²) in [5.41, 5.74) is 4.13. The van der Waals surface area contributed by atoms with E-state index in [0.29, 0.717) is 16.7 Å². The molecule has 29 heavy (non-hydrogen) atoms. The Kier molecular flexibility index (Phi) is 6.57. The summed E-state index contributed by atoms with van der Waals surface area (Å²) in [5.74, 6) is 3.63. The lowest BCUT2D eigenvalue weighted by atomic mass is 9.63. The molecule has 0 spiro atoms. The lowest BCUT2D eigenvalue weighted by molar-refractivity contribution is 0.111. The molecule has 1 aromatic rings. The molecule has 0 N–H and O–H groups in total. The van der Waals surface area contributed by atoms with Crippen molar-refractivity contribution in [1.82, 2.24) is 0 Å². The maximum absolute atomic E-state index is 14.6. The number of benzene rings is 1. The first-order chi connectivity index (χ1) is 13.4. The lowest BCUT2D eigenvalue weighted by Crippen LogP contribution is -2.33. The highest BCUT2D eigenvalue weighted by Crippen LogP contribution is 2.62. The number of alkyl halides is 1. The Bertz CT molecular complexity index is 697. The maximum Gasteiger partial charge on any atom is 0.123 e. The van der Waals surface area contributed by atoms with E-state index in [1.54, 1.807) is 6.92 Å². The molecule has 5 unspecified atom stereocenters. The van der Waals surface area contributed by atoms with Gasteiger partial charge in [-0.05, 0) is 97.5 Å². The average molecular weight is 401 g/mol. The maximum atomic E-state index is 14.6. The fraction of sp³-hybridized carbons (Fsp3) is 0.786. The van der Waals surface area contributed by atoms with E-state index >= 15 is 0 Å². The van der Waals surface area contributed by atoms with E-state index in [1.165, 1.54) is 49.7 Å². The van der Waals surface area contributed by atoms with Crippen molar-refractivity contribution < 1.29 is 4.39 Å². The van der Waals surface area contributed by atoms with Crippen LogP contribution in [0, 0.1) is 41.4 Å². The minimum absolute atomic E-state index is 0.297. The quantitative estimate of drug-likeness (QED) is 0.473. The van der Waals surface area contributed by atoms with Gasteiger partial charge in [-0.15, -0.1) is 0 Å². The first kappa shape index (κ1) is 22.8. The largest absolute Gasteiger partial charge is 0.243 e. The first-order valence-electron chi connectivity index (χ1n) is 12.2. The molecule has 2 saturated carbocycles. The SMILES string of the molecule is Cc1ccc(C2CCC3[C@@H](C)CCC(C(C)CC(C)(C)C)C[C@]23C)c(C(C)F)c1. The van der Waals surface area contributed by atoms with Crippen LogP contribution < -0.4 is 0 Å². The van der Waals surface area contributed by atoms with E-state index in [4.69, 9.17) is 0 Å².